The fraction of sp³-hybridized carbons (Fsp3) is 0.316. The van der Waals surface area contributed by atoms with Crippen LogP contribution in [0, 0.1) is 5.41 Å². The molecule has 1 aliphatic rings. The lowest BCUT2D eigenvalue weighted by Gasteiger charge is -2.47. The predicted octanol–water partition coefficient (Wildman–Crippen LogP) is 5.10. The van der Waals surface area contributed by atoms with Crippen molar-refractivity contribution in [2.24, 2.45) is 5.41 Å². The Labute approximate surface area is 128 Å². The van der Waals surface area contributed by atoms with E-state index in [1.807, 2.05) is 18.2 Å². The van der Waals surface area contributed by atoms with Gasteiger partial charge in [-0.15, -0.1) is 8.58 Å². The first-order valence-electron chi connectivity index (χ1n) is 7.36. The largest absolute Gasteiger partial charge is 0.293 e. The highest BCUT2D eigenvalue weighted by atomic mass is 31.1. The van der Waals surface area contributed by atoms with Gasteiger partial charge in [0, 0.05) is 5.56 Å². The third-order valence-electron chi connectivity index (χ3n) is 4.63. The third kappa shape index (κ3) is 1.84. The number of carbonyl (C=O) groups excluding carboxylic acids is 1. The quantitative estimate of drug-likeness (QED) is 0.669. The molecule has 0 spiro atoms. The molecule has 0 aliphatic heterocycles. The molecule has 2 atom stereocenters. The van der Waals surface area contributed by atoms with Crippen LogP contribution in [0.2, 0.25) is 0 Å². The summed E-state index contributed by atoms with van der Waals surface area (Å²) in [6, 6.07) is 16.5. The number of fused-ring (bicyclic) bond motifs is 3. The smallest absolute Gasteiger partial charge is 0.178 e. The summed E-state index contributed by atoms with van der Waals surface area (Å²) in [5.41, 5.74) is 4.26. The van der Waals surface area contributed by atoms with Gasteiger partial charge >= 0.3 is 0 Å². The van der Waals surface area contributed by atoms with Gasteiger partial charge < -0.3 is 0 Å². The maximum absolute atomic E-state index is 13.4. The fourth-order valence-electron chi connectivity index (χ4n) is 3.65. The molecule has 3 rings (SSSR count). The standard InChI is InChI=1S/C19H21OP/c1-18(2,3)19(21-4)16-12-8-7-10-14(16)13-9-5-6-11-15(13)17(19)20/h5-12,21H,1-4H3. The average Bonchev–Trinajstić information content (AvgIpc) is 2.47. The molecule has 0 fully saturated rings. The molecule has 0 saturated heterocycles. The molecule has 2 aromatic rings. The summed E-state index contributed by atoms with van der Waals surface area (Å²) in [6.45, 7) is 8.72. The van der Waals surface area contributed by atoms with Gasteiger partial charge in [0.15, 0.2) is 5.78 Å². The minimum atomic E-state index is -0.419. The molecule has 0 aromatic heterocycles. The van der Waals surface area contributed by atoms with Crippen molar-refractivity contribution < 1.29 is 4.79 Å². The van der Waals surface area contributed by atoms with Crippen molar-refractivity contribution in [2.45, 2.75) is 25.9 Å². The maximum Gasteiger partial charge on any atom is 0.178 e. The van der Waals surface area contributed by atoms with Gasteiger partial charge in [-0.05, 0) is 28.8 Å². The number of rotatable bonds is 1. The molecule has 21 heavy (non-hydrogen) atoms. The summed E-state index contributed by atoms with van der Waals surface area (Å²) in [5.74, 6) is 0.283. The molecule has 0 radical (unpaired) electrons. The number of carbonyl (C=O) groups is 1. The Morgan fingerprint density at radius 3 is 1.95 bits per heavy atom. The normalized spacial score (nSPS) is 21.4. The van der Waals surface area contributed by atoms with E-state index < -0.39 is 5.16 Å². The van der Waals surface area contributed by atoms with Crippen molar-refractivity contribution in [3.05, 3.63) is 59.7 Å². The Bertz CT molecular complexity index is 712. The summed E-state index contributed by atoms with van der Waals surface area (Å²) in [6.07, 6.45) is 0. The molecule has 2 aromatic carbocycles. The number of hydrogen-bond acceptors (Lipinski definition) is 1. The van der Waals surface area contributed by atoms with Gasteiger partial charge in [-0.1, -0.05) is 69.3 Å². The Morgan fingerprint density at radius 2 is 1.38 bits per heavy atom. The average molecular weight is 296 g/mol. The van der Waals surface area contributed by atoms with Gasteiger partial charge in [-0.2, -0.15) is 0 Å². The van der Waals surface area contributed by atoms with Crippen LogP contribution in [0.1, 0.15) is 36.7 Å². The van der Waals surface area contributed by atoms with Crippen molar-refractivity contribution in [3.63, 3.8) is 0 Å². The maximum atomic E-state index is 13.4. The Hall–Kier alpha value is -1.46. The van der Waals surface area contributed by atoms with Crippen LogP contribution in [-0.4, -0.2) is 12.4 Å². The molecule has 0 amide bonds. The Balaban J connectivity index is 2.43. The van der Waals surface area contributed by atoms with E-state index in [9.17, 15) is 4.79 Å². The highest BCUT2D eigenvalue weighted by molar-refractivity contribution is 7.40. The van der Waals surface area contributed by atoms with Crippen molar-refractivity contribution in [3.8, 4) is 11.1 Å². The number of Topliss-reactive ketones (excluding diaryl/α,β-unsaturated/α-hetero) is 1. The van der Waals surface area contributed by atoms with E-state index in [1.165, 1.54) is 11.1 Å². The first-order valence-corrected chi connectivity index (χ1v) is 8.86. The molecule has 1 nitrogen and oxygen atoms in total. The third-order valence-corrected chi connectivity index (χ3v) is 6.63. The lowest BCUT2D eigenvalue weighted by Crippen LogP contribution is -2.45. The molecule has 0 saturated carbocycles. The van der Waals surface area contributed by atoms with Gasteiger partial charge in [0.1, 0.15) is 0 Å². The van der Waals surface area contributed by atoms with E-state index in [1.54, 1.807) is 0 Å². The first kappa shape index (κ1) is 14.5. The van der Waals surface area contributed by atoms with Crippen LogP contribution >= 0.6 is 8.58 Å². The monoisotopic (exact) mass is 296 g/mol. The van der Waals surface area contributed by atoms with Gasteiger partial charge in [0.05, 0.1) is 5.16 Å². The molecule has 2 unspecified atom stereocenters. The van der Waals surface area contributed by atoms with Gasteiger partial charge in [-0.3, -0.25) is 4.79 Å². The molecule has 0 heterocycles. The van der Waals surface area contributed by atoms with Crippen molar-refractivity contribution in [1.29, 1.82) is 0 Å². The van der Waals surface area contributed by atoms with Crippen LogP contribution < -0.4 is 0 Å². The highest BCUT2D eigenvalue weighted by Gasteiger charge is 2.52. The summed E-state index contributed by atoms with van der Waals surface area (Å²) < 4.78 is 0. The minimum absolute atomic E-state index is 0.110. The second kappa shape index (κ2) is 4.78. The van der Waals surface area contributed by atoms with Gasteiger partial charge in [0.2, 0.25) is 0 Å². The summed E-state index contributed by atoms with van der Waals surface area (Å²) in [7, 11) is 0.539. The summed E-state index contributed by atoms with van der Waals surface area (Å²) >= 11 is 0. The van der Waals surface area contributed by atoms with E-state index in [4.69, 9.17) is 0 Å². The lowest BCUT2D eigenvalue weighted by molar-refractivity contribution is 0.0857. The van der Waals surface area contributed by atoms with Crippen molar-refractivity contribution in [1.82, 2.24) is 0 Å². The number of benzene rings is 2. The van der Waals surface area contributed by atoms with E-state index in [-0.39, 0.29) is 11.2 Å². The van der Waals surface area contributed by atoms with Gasteiger partial charge in [0.25, 0.3) is 0 Å². The number of hydrogen-bond donors (Lipinski definition) is 0. The Kier molecular flexibility index (Phi) is 3.30. The van der Waals surface area contributed by atoms with Crippen LogP contribution in [0.4, 0.5) is 0 Å². The molecule has 2 heteroatoms. The zero-order chi connectivity index (χ0) is 15.3. The van der Waals surface area contributed by atoms with E-state index in [2.05, 4.69) is 57.8 Å². The van der Waals surface area contributed by atoms with Crippen molar-refractivity contribution in [2.75, 3.05) is 6.66 Å². The molecular formula is C19H21OP. The van der Waals surface area contributed by atoms with E-state index in [0.29, 0.717) is 8.58 Å². The van der Waals surface area contributed by atoms with Crippen LogP contribution in [-0.2, 0) is 5.16 Å². The van der Waals surface area contributed by atoms with Gasteiger partial charge in [-0.25, -0.2) is 0 Å². The molecule has 0 N–H and O–H groups in total. The van der Waals surface area contributed by atoms with E-state index in [0.717, 1.165) is 11.1 Å². The number of ketones is 1. The fourth-order valence-corrected chi connectivity index (χ4v) is 5.25. The van der Waals surface area contributed by atoms with Crippen LogP contribution in [0.15, 0.2) is 48.5 Å². The van der Waals surface area contributed by atoms with E-state index >= 15 is 0 Å². The molecular weight excluding hydrogens is 275 g/mol. The summed E-state index contributed by atoms with van der Waals surface area (Å²) in [5, 5.41) is -0.419. The topological polar surface area (TPSA) is 17.1 Å². The minimum Gasteiger partial charge on any atom is -0.293 e. The summed E-state index contributed by atoms with van der Waals surface area (Å²) in [4.78, 5) is 13.4. The zero-order valence-corrected chi connectivity index (χ0v) is 14.0. The Morgan fingerprint density at radius 1 is 0.857 bits per heavy atom. The molecule has 1 aliphatic carbocycles. The first-order chi connectivity index (χ1) is 9.93. The molecule has 0 bridgehead atoms. The van der Waals surface area contributed by atoms with Crippen LogP contribution in [0.25, 0.3) is 11.1 Å². The predicted molar refractivity (Wildman–Crippen MR) is 91.6 cm³/mol. The second-order valence-electron chi connectivity index (χ2n) is 6.67. The zero-order valence-electron chi connectivity index (χ0n) is 13.0. The lowest BCUT2D eigenvalue weighted by atomic mass is 9.66. The SMILES string of the molecule is CPC1(C(C)(C)C)C(=O)c2ccccc2-c2ccccc21. The molecule has 108 valence electrons. The van der Waals surface area contributed by atoms with Crippen LogP contribution in [0.3, 0.4) is 0 Å². The highest BCUT2D eigenvalue weighted by Crippen LogP contribution is 2.59. The van der Waals surface area contributed by atoms with Crippen molar-refractivity contribution >= 4 is 14.4 Å². The second-order valence-corrected chi connectivity index (χ2v) is 7.92. The van der Waals surface area contributed by atoms with Crippen LogP contribution in [0.5, 0.6) is 0 Å².